The minimum Gasteiger partial charge on any atom is -0.347 e. The van der Waals surface area contributed by atoms with Crippen molar-refractivity contribution in [2.45, 2.75) is 40.3 Å². The van der Waals surface area contributed by atoms with Crippen LogP contribution in [-0.2, 0) is 13.1 Å². The second-order valence-corrected chi connectivity index (χ2v) is 5.32. The van der Waals surface area contributed by atoms with Crippen LogP contribution in [0, 0.1) is 5.92 Å². The first-order chi connectivity index (χ1) is 8.72. The Morgan fingerprint density at radius 1 is 1.22 bits per heavy atom. The summed E-state index contributed by atoms with van der Waals surface area (Å²) in [6.45, 7) is 9.80. The Morgan fingerprint density at radius 2 is 2.06 bits per heavy atom. The molecule has 0 amide bonds. The van der Waals surface area contributed by atoms with Crippen LogP contribution in [0.3, 0.4) is 0 Å². The molecule has 1 aromatic carbocycles. The van der Waals surface area contributed by atoms with E-state index >= 15 is 0 Å². The number of hydrogen-bond donors (Lipinski definition) is 1. The molecule has 2 rings (SSSR count). The second-order valence-electron chi connectivity index (χ2n) is 5.32. The summed E-state index contributed by atoms with van der Waals surface area (Å²) < 4.78 is 2.38. The van der Waals surface area contributed by atoms with Crippen molar-refractivity contribution in [2.24, 2.45) is 5.92 Å². The van der Waals surface area contributed by atoms with Gasteiger partial charge in [0.15, 0.2) is 0 Å². The third-order valence-electron chi connectivity index (χ3n) is 3.42. The molecule has 0 fully saturated rings. The molecule has 98 valence electrons. The number of nitrogens with one attached hydrogen (secondary N) is 1. The zero-order valence-electron chi connectivity index (χ0n) is 11.7. The molecule has 0 bridgehead atoms. The van der Waals surface area contributed by atoms with E-state index in [4.69, 9.17) is 0 Å². The van der Waals surface area contributed by atoms with Gasteiger partial charge >= 0.3 is 0 Å². The summed E-state index contributed by atoms with van der Waals surface area (Å²) in [4.78, 5) is 0. The van der Waals surface area contributed by atoms with Gasteiger partial charge in [0.05, 0.1) is 0 Å². The van der Waals surface area contributed by atoms with E-state index in [9.17, 15) is 0 Å². The fourth-order valence-electron chi connectivity index (χ4n) is 2.29. The fourth-order valence-corrected chi connectivity index (χ4v) is 2.29. The summed E-state index contributed by atoms with van der Waals surface area (Å²) >= 11 is 0. The minimum absolute atomic E-state index is 0.757. The van der Waals surface area contributed by atoms with Gasteiger partial charge in [0.25, 0.3) is 0 Å². The first-order valence-electron chi connectivity index (χ1n) is 6.99. The molecule has 0 radical (unpaired) electrons. The molecule has 18 heavy (non-hydrogen) atoms. The van der Waals surface area contributed by atoms with Gasteiger partial charge in [-0.25, -0.2) is 0 Å². The second kappa shape index (κ2) is 6.05. The summed E-state index contributed by atoms with van der Waals surface area (Å²) in [7, 11) is 0. The van der Waals surface area contributed by atoms with Gasteiger partial charge in [0.2, 0.25) is 0 Å². The van der Waals surface area contributed by atoms with Gasteiger partial charge in [-0.1, -0.05) is 32.9 Å². The van der Waals surface area contributed by atoms with E-state index in [1.165, 1.54) is 22.9 Å². The lowest BCUT2D eigenvalue weighted by Crippen LogP contribution is -2.11. The molecule has 1 N–H and O–H groups in total. The van der Waals surface area contributed by atoms with E-state index in [0.717, 1.165) is 25.6 Å². The maximum Gasteiger partial charge on any atom is 0.0483 e. The summed E-state index contributed by atoms with van der Waals surface area (Å²) in [5.41, 5.74) is 2.77. The third kappa shape index (κ3) is 2.94. The fraction of sp³-hybridized carbons (Fsp3) is 0.500. The largest absolute Gasteiger partial charge is 0.347 e. The standard InChI is InChI=1S/C16H24N2/c1-4-17-12-14-6-5-7-16-15(14)9-11-18(16)10-8-13(2)3/h5-7,9,11,13,17H,4,8,10,12H2,1-3H3. The van der Waals surface area contributed by atoms with E-state index in [1.54, 1.807) is 0 Å². The van der Waals surface area contributed by atoms with Crippen molar-refractivity contribution >= 4 is 10.9 Å². The molecule has 0 saturated carbocycles. The van der Waals surface area contributed by atoms with Crippen LogP contribution in [0.2, 0.25) is 0 Å². The zero-order valence-corrected chi connectivity index (χ0v) is 11.7. The first kappa shape index (κ1) is 13.2. The lowest BCUT2D eigenvalue weighted by Gasteiger charge is -2.09. The quantitative estimate of drug-likeness (QED) is 0.818. The van der Waals surface area contributed by atoms with Crippen molar-refractivity contribution in [1.29, 1.82) is 0 Å². The Hall–Kier alpha value is -1.28. The summed E-state index contributed by atoms with van der Waals surface area (Å²) in [5, 5.41) is 4.80. The lowest BCUT2D eigenvalue weighted by atomic mass is 10.1. The molecular weight excluding hydrogens is 220 g/mol. The first-order valence-corrected chi connectivity index (χ1v) is 6.99. The third-order valence-corrected chi connectivity index (χ3v) is 3.42. The lowest BCUT2D eigenvalue weighted by molar-refractivity contribution is 0.524. The molecule has 1 heterocycles. The normalized spacial score (nSPS) is 11.6. The van der Waals surface area contributed by atoms with Crippen LogP contribution in [0.5, 0.6) is 0 Å². The van der Waals surface area contributed by atoms with Crippen LogP contribution in [0.1, 0.15) is 32.8 Å². The SMILES string of the molecule is CCNCc1cccc2c1ccn2CCC(C)C. The van der Waals surface area contributed by atoms with Crippen molar-refractivity contribution in [3.05, 3.63) is 36.0 Å². The molecular formula is C16H24N2. The van der Waals surface area contributed by atoms with Crippen molar-refractivity contribution in [2.75, 3.05) is 6.54 Å². The summed E-state index contributed by atoms with van der Waals surface area (Å²) in [5.74, 6) is 0.757. The highest BCUT2D eigenvalue weighted by Crippen LogP contribution is 2.21. The van der Waals surface area contributed by atoms with Crippen LogP contribution >= 0.6 is 0 Å². The van der Waals surface area contributed by atoms with E-state index in [1.807, 2.05) is 0 Å². The predicted molar refractivity (Wildman–Crippen MR) is 78.8 cm³/mol. The molecule has 0 unspecified atom stereocenters. The topological polar surface area (TPSA) is 17.0 Å². The molecule has 0 atom stereocenters. The van der Waals surface area contributed by atoms with Gasteiger partial charge in [-0.3, -0.25) is 0 Å². The number of aryl methyl sites for hydroxylation is 1. The average molecular weight is 244 g/mol. The van der Waals surface area contributed by atoms with Crippen LogP contribution in [0.4, 0.5) is 0 Å². The summed E-state index contributed by atoms with van der Waals surface area (Å²) in [6, 6.07) is 8.87. The molecule has 0 aliphatic carbocycles. The monoisotopic (exact) mass is 244 g/mol. The van der Waals surface area contributed by atoms with E-state index in [0.29, 0.717) is 0 Å². The number of rotatable bonds is 6. The maximum atomic E-state index is 3.41. The molecule has 0 aliphatic heterocycles. The molecule has 2 nitrogen and oxygen atoms in total. The number of hydrogen-bond acceptors (Lipinski definition) is 1. The number of fused-ring (bicyclic) bond motifs is 1. The van der Waals surface area contributed by atoms with Crippen molar-refractivity contribution in [3.63, 3.8) is 0 Å². The van der Waals surface area contributed by atoms with Gasteiger partial charge < -0.3 is 9.88 Å². The Morgan fingerprint density at radius 3 is 2.78 bits per heavy atom. The van der Waals surface area contributed by atoms with Crippen LogP contribution in [0.25, 0.3) is 10.9 Å². The van der Waals surface area contributed by atoms with Gasteiger partial charge in [-0.2, -0.15) is 0 Å². The zero-order chi connectivity index (χ0) is 13.0. The van der Waals surface area contributed by atoms with Crippen LogP contribution < -0.4 is 5.32 Å². The Bertz CT molecular complexity index is 497. The Labute approximate surface area is 110 Å². The van der Waals surface area contributed by atoms with Gasteiger partial charge in [0, 0.05) is 30.2 Å². The molecule has 1 aromatic heterocycles. The van der Waals surface area contributed by atoms with Crippen molar-refractivity contribution in [3.8, 4) is 0 Å². The summed E-state index contributed by atoms with van der Waals surface area (Å²) in [6.07, 6.45) is 3.46. The maximum absolute atomic E-state index is 3.41. The number of nitrogens with zero attached hydrogens (tertiary/aromatic N) is 1. The Kier molecular flexibility index (Phi) is 4.43. The highest BCUT2D eigenvalue weighted by atomic mass is 14.9. The predicted octanol–water partition coefficient (Wildman–Crippen LogP) is 3.80. The smallest absolute Gasteiger partial charge is 0.0483 e. The van der Waals surface area contributed by atoms with Crippen molar-refractivity contribution < 1.29 is 0 Å². The van der Waals surface area contributed by atoms with Crippen molar-refractivity contribution in [1.82, 2.24) is 9.88 Å². The molecule has 0 aliphatic rings. The molecule has 0 saturated heterocycles. The van der Waals surface area contributed by atoms with E-state index in [2.05, 4.69) is 61.1 Å². The van der Waals surface area contributed by atoms with Gasteiger partial charge in [-0.15, -0.1) is 0 Å². The highest BCUT2D eigenvalue weighted by molar-refractivity contribution is 5.83. The number of aromatic nitrogens is 1. The van der Waals surface area contributed by atoms with Gasteiger partial charge in [0.1, 0.15) is 0 Å². The molecule has 2 heteroatoms. The van der Waals surface area contributed by atoms with E-state index < -0.39 is 0 Å². The highest BCUT2D eigenvalue weighted by Gasteiger charge is 2.05. The number of benzene rings is 1. The van der Waals surface area contributed by atoms with Crippen LogP contribution in [-0.4, -0.2) is 11.1 Å². The minimum atomic E-state index is 0.757. The Balaban J connectivity index is 2.24. The van der Waals surface area contributed by atoms with Gasteiger partial charge in [-0.05, 0) is 36.6 Å². The van der Waals surface area contributed by atoms with E-state index in [-0.39, 0.29) is 0 Å². The van der Waals surface area contributed by atoms with Crippen LogP contribution in [0.15, 0.2) is 30.5 Å². The molecule has 2 aromatic rings. The molecule has 0 spiro atoms. The average Bonchev–Trinajstić information content (AvgIpc) is 2.77.